The molecule has 0 atom stereocenters. The topological polar surface area (TPSA) is 122 Å². The summed E-state index contributed by atoms with van der Waals surface area (Å²) >= 11 is 0. The first-order valence-corrected chi connectivity index (χ1v) is 8.67. The summed E-state index contributed by atoms with van der Waals surface area (Å²) in [5, 5.41) is 22.5. The lowest BCUT2D eigenvalue weighted by atomic mass is 10.2. The molecule has 29 heavy (non-hydrogen) atoms. The van der Waals surface area contributed by atoms with E-state index in [1.54, 1.807) is 6.92 Å². The summed E-state index contributed by atoms with van der Waals surface area (Å²) in [5.41, 5.74) is 1.36. The van der Waals surface area contributed by atoms with Crippen molar-refractivity contribution in [3.05, 3.63) is 81.5 Å². The lowest BCUT2D eigenvalue weighted by Crippen LogP contribution is -2.09. The Labute approximate surface area is 165 Å². The molecule has 0 bridgehead atoms. The predicted octanol–water partition coefficient (Wildman–Crippen LogP) is 2.82. The van der Waals surface area contributed by atoms with Crippen LogP contribution in [-0.4, -0.2) is 38.8 Å². The van der Waals surface area contributed by atoms with Gasteiger partial charge in [0.1, 0.15) is 6.61 Å². The van der Waals surface area contributed by atoms with Crippen molar-refractivity contribution in [2.75, 3.05) is 6.61 Å². The zero-order valence-corrected chi connectivity index (χ0v) is 15.5. The maximum atomic E-state index is 12.1. The molecular weight excluding hydrogens is 378 g/mol. The van der Waals surface area contributed by atoms with Crippen LogP contribution in [0, 0.1) is 10.1 Å². The third-order valence-corrected chi connectivity index (χ3v) is 3.72. The van der Waals surface area contributed by atoms with E-state index in [1.807, 2.05) is 30.3 Å². The van der Waals surface area contributed by atoms with Gasteiger partial charge in [-0.15, -0.1) is 5.10 Å². The zero-order valence-electron chi connectivity index (χ0n) is 15.5. The minimum Gasteiger partial charge on any atom is -0.470 e. The molecule has 2 aromatic carbocycles. The molecule has 0 unspecified atom stereocenters. The second kappa shape index (κ2) is 9.22. The first-order valence-electron chi connectivity index (χ1n) is 8.67. The average molecular weight is 395 g/mol. The second-order valence-electron chi connectivity index (χ2n) is 5.72. The largest absolute Gasteiger partial charge is 0.470 e. The van der Waals surface area contributed by atoms with Crippen molar-refractivity contribution in [2.45, 2.75) is 13.5 Å². The standard InChI is InChI=1S/C19H17N5O5/c1-2-28-19(25)17-18(29-13-15-6-4-3-5-7-15)23(22-21-17)20-12-14-8-10-16(11-9-14)24(26)27/h3-12H,2,13H2,1H3. The molecule has 0 aliphatic carbocycles. The van der Waals surface area contributed by atoms with E-state index in [2.05, 4.69) is 15.4 Å². The Hall–Kier alpha value is -4.08. The first kappa shape index (κ1) is 19.7. The van der Waals surface area contributed by atoms with Crippen LogP contribution < -0.4 is 4.74 Å². The molecule has 1 heterocycles. The predicted molar refractivity (Wildman–Crippen MR) is 103 cm³/mol. The molecule has 3 aromatic rings. The molecule has 10 heteroatoms. The number of carbonyl (C=O) groups excluding carboxylic acids is 1. The number of carbonyl (C=O) groups is 1. The fourth-order valence-corrected chi connectivity index (χ4v) is 2.32. The maximum absolute atomic E-state index is 12.1. The number of benzene rings is 2. The molecule has 0 aliphatic heterocycles. The zero-order chi connectivity index (χ0) is 20.6. The fraction of sp³-hybridized carbons (Fsp3) is 0.158. The summed E-state index contributed by atoms with van der Waals surface area (Å²) in [5.74, 6) is -0.641. The van der Waals surface area contributed by atoms with Crippen LogP contribution >= 0.6 is 0 Å². The van der Waals surface area contributed by atoms with E-state index in [1.165, 1.54) is 30.5 Å². The van der Waals surface area contributed by atoms with Crippen molar-refractivity contribution >= 4 is 17.9 Å². The molecule has 1 aromatic heterocycles. The van der Waals surface area contributed by atoms with Crippen molar-refractivity contribution in [1.82, 2.24) is 15.1 Å². The van der Waals surface area contributed by atoms with Gasteiger partial charge >= 0.3 is 5.97 Å². The van der Waals surface area contributed by atoms with E-state index in [-0.39, 0.29) is 30.5 Å². The number of nitro groups is 1. The third kappa shape index (κ3) is 5.01. The van der Waals surface area contributed by atoms with Crippen LogP contribution in [0.2, 0.25) is 0 Å². The molecule has 0 spiro atoms. The van der Waals surface area contributed by atoms with E-state index in [4.69, 9.17) is 9.47 Å². The molecule has 0 N–H and O–H groups in total. The molecule has 0 aliphatic rings. The summed E-state index contributed by atoms with van der Waals surface area (Å²) < 4.78 is 10.7. The number of aromatic nitrogens is 3. The summed E-state index contributed by atoms with van der Waals surface area (Å²) in [7, 11) is 0. The average Bonchev–Trinajstić information content (AvgIpc) is 3.15. The van der Waals surface area contributed by atoms with Gasteiger partial charge in [0.15, 0.2) is 0 Å². The lowest BCUT2D eigenvalue weighted by Gasteiger charge is -2.07. The number of esters is 1. The van der Waals surface area contributed by atoms with Gasteiger partial charge in [0.05, 0.1) is 17.7 Å². The molecule has 10 nitrogen and oxygen atoms in total. The van der Waals surface area contributed by atoms with E-state index in [9.17, 15) is 14.9 Å². The summed E-state index contributed by atoms with van der Waals surface area (Å²) in [4.78, 5) is 23.4. The molecule has 0 fully saturated rings. The van der Waals surface area contributed by atoms with Gasteiger partial charge in [-0.05, 0) is 35.4 Å². The molecule has 0 saturated carbocycles. The number of ether oxygens (including phenoxy) is 2. The highest BCUT2D eigenvalue weighted by molar-refractivity contribution is 5.89. The van der Waals surface area contributed by atoms with Crippen LogP contribution in [0.4, 0.5) is 5.69 Å². The number of nitrogens with zero attached hydrogens (tertiary/aromatic N) is 5. The van der Waals surface area contributed by atoms with Crippen molar-refractivity contribution < 1.29 is 19.2 Å². The van der Waals surface area contributed by atoms with Crippen molar-refractivity contribution in [2.24, 2.45) is 5.10 Å². The molecule has 0 radical (unpaired) electrons. The summed E-state index contributed by atoms with van der Waals surface area (Å²) in [6.45, 7) is 2.03. The highest BCUT2D eigenvalue weighted by Crippen LogP contribution is 2.19. The van der Waals surface area contributed by atoms with Crippen LogP contribution in [0.5, 0.6) is 5.88 Å². The van der Waals surface area contributed by atoms with Gasteiger partial charge in [-0.3, -0.25) is 10.1 Å². The van der Waals surface area contributed by atoms with Gasteiger partial charge in [-0.25, -0.2) is 4.79 Å². The second-order valence-corrected chi connectivity index (χ2v) is 5.72. The van der Waals surface area contributed by atoms with Crippen LogP contribution in [-0.2, 0) is 11.3 Å². The molecule has 148 valence electrons. The van der Waals surface area contributed by atoms with Crippen molar-refractivity contribution in [1.29, 1.82) is 0 Å². The monoisotopic (exact) mass is 395 g/mol. The Morgan fingerprint density at radius 2 is 1.93 bits per heavy atom. The van der Waals surface area contributed by atoms with Crippen molar-refractivity contribution in [3.63, 3.8) is 0 Å². The van der Waals surface area contributed by atoms with Crippen LogP contribution in [0.3, 0.4) is 0 Å². The molecule has 3 rings (SSSR count). The smallest absolute Gasteiger partial charge is 0.364 e. The van der Waals surface area contributed by atoms with Gasteiger partial charge < -0.3 is 9.47 Å². The van der Waals surface area contributed by atoms with E-state index >= 15 is 0 Å². The Bertz CT molecular complexity index is 1020. The van der Waals surface area contributed by atoms with Gasteiger partial charge in [0, 0.05) is 12.1 Å². The van der Waals surface area contributed by atoms with Gasteiger partial charge in [-0.1, -0.05) is 35.1 Å². The van der Waals surface area contributed by atoms with Crippen molar-refractivity contribution in [3.8, 4) is 5.88 Å². The number of nitro benzene ring substituents is 1. The highest BCUT2D eigenvalue weighted by Gasteiger charge is 2.23. The Morgan fingerprint density at radius 1 is 1.21 bits per heavy atom. The lowest BCUT2D eigenvalue weighted by molar-refractivity contribution is -0.384. The van der Waals surface area contributed by atoms with Crippen LogP contribution in [0.15, 0.2) is 59.7 Å². The summed E-state index contributed by atoms with van der Waals surface area (Å²) in [6.07, 6.45) is 1.42. The highest BCUT2D eigenvalue weighted by atomic mass is 16.6. The van der Waals surface area contributed by atoms with E-state index in [0.29, 0.717) is 5.56 Å². The SMILES string of the molecule is CCOC(=O)c1nnn(N=Cc2ccc([N+](=O)[O-])cc2)c1OCc1ccccc1. The minimum absolute atomic E-state index is 0.0283. The normalized spacial score (nSPS) is 10.8. The minimum atomic E-state index is -0.674. The van der Waals surface area contributed by atoms with Gasteiger partial charge in [0.2, 0.25) is 5.69 Å². The Balaban J connectivity index is 1.84. The number of hydrogen-bond donors (Lipinski definition) is 0. The molecular formula is C19H17N5O5. The Kier molecular flexibility index (Phi) is 6.25. The van der Waals surface area contributed by atoms with Crippen LogP contribution in [0.25, 0.3) is 0 Å². The maximum Gasteiger partial charge on any atom is 0.364 e. The van der Waals surface area contributed by atoms with Crippen LogP contribution in [0.1, 0.15) is 28.5 Å². The number of non-ortho nitro benzene ring substituents is 1. The molecule has 0 saturated heterocycles. The first-order chi connectivity index (χ1) is 14.1. The fourth-order valence-electron chi connectivity index (χ4n) is 2.32. The molecule has 0 amide bonds. The van der Waals surface area contributed by atoms with Gasteiger partial charge in [0.25, 0.3) is 11.6 Å². The third-order valence-electron chi connectivity index (χ3n) is 3.72. The van der Waals surface area contributed by atoms with Gasteiger partial charge in [-0.2, -0.15) is 5.10 Å². The van der Waals surface area contributed by atoms with E-state index in [0.717, 1.165) is 10.4 Å². The summed E-state index contributed by atoms with van der Waals surface area (Å²) in [6, 6.07) is 15.2. The van der Waals surface area contributed by atoms with E-state index < -0.39 is 10.9 Å². The number of hydrogen-bond acceptors (Lipinski definition) is 8. The quantitative estimate of drug-likeness (QED) is 0.249. The Morgan fingerprint density at radius 3 is 2.59 bits per heavy atom. The number of rotatable bonds is 8.